The maximum absolute atomic E-state index is 3.47. The molecule has 0 amide bonds. The molecule has 0 fully saturated rings. The third-order valence-electron chi connectivity index (χ3n) is 3.23. The second kappa shape index (κ2) is 8.56. The molecule has 3 nitrogen and oxygen atoms in total. The van der Waals surface area contributed by atoms with Gasteiger partial charge in [0.2, 0.25) is 0 Å². The fourth-order valence-corrected chi connectivity index (χ4v) is 2.51. The van der Waals surface area contributed by atoms with Crippen molar-refractivity contribution in [3.63, 3.8) is 0 Å². The van der Waals surface area contributed by atoms with Crippen LogP contribution in [0.3, 0.4) is 0 Å². The molecule has 1 rings (SSSR count). The maximum Gasteiger partial charge on any atom is 0.0341 e. The number of nitrogens with zero attached hydrogens (tertiary/aromatic N) is 2. The van der Waals surface area contributed by atoms with Crippen molar-refractivity contribution in [2.45, 2.75) is 19.9 Å². The molecule has 0 bridgehead atoms. The zero-order chi connectivity index (χ0) is 14.3. The molecule has 1 aromatic rings. The number of hydrogen-bond acceptors (Lipinski definition) is 3. The molecular weight excluding hydrogens is 302 g/mol. The lowest BCUT2D eigenvalue weighted by Crippen LogP contribution is -2.42. The van der Waals surface area contributed by atoms with Gasteiger partial charge in [0, 0.05) is 35.8 Å². The van der Waals surface area contributed by atoms with Crippen molar-refractivity contribution >= 4 is 21.6 Å². The summed E-state index contributed by atoms with van der Waals surface area (Å²) in [7, 11) is 4.26. The highest BCUT2D eigenvalue weighted by Gasteiger charge is 2.11. The average molecular weight is 328 g/mol. The summed E-state index contributed by atoms with van der Waals surface area (Å²) in [6.45, 7) is 8.77. The number of benzene rings is 1. The van der Waals surface area contributed by atoms with Crippen LogP contribution < -0.4 is 5.32 Å². The molecule has 0 spiro atoms. The van der Waals surface area contributed by atoms with Gasteiger partial charge in [-0.1, -0.05) is 22.9 Å². The Morgan fingerprint density at radius 3 is 2.37 bits per heavy atom. The van der Waals surface area contributed by atoms with Crippen LogP contribution in [0.25, 0.3) is 0 Å². The van der Waals surface area contributed by atoms with E-state index in [1.54, 1.807) is 0 Å². The summed E-state index contributed by atoms with van der Waals surface area (Å²) in [5.74, 6) is 0. The van der Waals surface area contributed by atoms with Crippen molar-refractivity contribution in [3.8, 4) is 0 Å². The number of likely N-dealkylation sites (N-methyl/N-ethyl adjacent to an activating group) is 2. The Bertz CT molecular complexity index is 351. The van der Waals surface area contributed by atoms with E-state index in [1.165, 1.54) is 5.69 Å². The van der Waals surface area contributed by atoms with Crippen LogP contribution in [0.15, 0.2) is 28.7 Å². The smallest absolute Gasteiger partial charge is 0.0341 e. The Kier molecular flexibility index (Phi) is 7.42. The SMILES string of the molecule is CCN(CCNc1ccc(Br)cc1)C(C)CN(C)C. The molecule has 0 heterocycles. The normalized spacial score (nSPS) is 13.0. The second-order valence-electron chi connectivity index (χ2n) is 5.17. The third-order valence-corrected chi connectivity index (χ3v) is 3.76. The zero-order valence-electron chi connectivity index (χ0n) is 12.5. The summed E-state index contributed by atoms with van der Waals surface area (Å²) >= 11 is 3.45. The molecule has 19 heavy (non-hydrogen) atoms. The largest absolute Gasteiger partial charge is 0.384 e. The summed E-state index contributed by atoms with van der Waals surface area (Å²) in [5, 5.41) is 3.47. The molecule has 0 saturated carbocycles. The Labute approximate surface area is 126 Å². The zero-order valence-corrected chi connectivity index (χ0v) is 14.1. The lowest BCUT2D eigenvalue weighted by molar-refractivity contribution is 0.188. The van der Waals surface area contributed by atoms with Crippen molar-refractivity contribution in [1.29, 1.82) is 0 Å². The van der Waals surface area contributed by atoms with Gasteiger partial charge < -0.3 is 10.2 Å². The number of hydrogen-bond donors (Lipinski definition) is 1. The van der Waals surface area contributed by atoms with Crippen LogP contribution in [0.5, 0.6) is 0 Å². The van der Waals surface area contributed by atoms with Gasteiger partial charge in [-0.05, 0) is 51.8 Å². The van der Waals surface area contributed by atoms with E-state index in [1.807, 2.05) is 0 Å². The van der Waals surface area contributed by atoms with E-state index in [2.05, 4.69) is 83.3 Å². The summed E-state index contributed by atoms with van der Waals surface area (Å²) in [5.41, 5.74) is 1.18. The second-order valence-corrected chi connectivity index (χ2v) is 6.09. The first-order valence-corrected chi connectivity index (χ1v) is 7.70. The molecule has 0 saturated heterocycles. The van der Waals surface area contributed by atoms with Crippen molar-refractivity contribution in [2.75, 3.05) is 45.6 Å². The Morgan fingerprint density at radius 2 is 1.84 bits per heavy atom. The number of nitrogens with one attached hydrogen (secondary N) is 1. The fraction of sp³-hybridized carbons (Fsp3) is 0.600. The topological polar surface area (TPSA) is 18.5 Å². The molecule has 0 radical (unpaired) electrons. The number of rotatable bonds is 8. The lowest BCUT2D eigenvalue weighted by atomic mass is 10.2. The first-order chi connectivity index (χ1) is 9.02. The Hall–Kier alpha value is -0.580. The van der Waals surface area contributed by atoms with Crippen LogP contribution in [0.1, 0.15) is 13.8 Å². The van der Waals surface area contributed by atoms with Crippen LogP contribution in [0, 0.1) is 0 Å². The Balaban J connectivity index is 2.35. The molecule has 0 aliphatic heterocycles. The molecule has 0 aliphatic carbocycles. The van der Waals surface area contributed by atoms with Gasteiger partial charge in [0.1, 0.15) is 0 Å². The van der Waals surface area contributed by atoms with E-state index in [9.17, 15) is 0 Å². The highest BCUT2D eigenvalue weighted by molar-refractivity contribution is 9.10. The van der Waals surface area contributed by atoms with Crippen molar-refractivity contribution < 1.29 is 0 Å². The minimum Gasteiger partial charge on any atom is -0.384 e. The molecule has 1 unspecified atom stereocenters. The van der Waals surface area contributed by atoms with Crippen molar-refractivity contribution in [3.05, 3.63) is 28.7 Å². The maximum atomic E-state index is 3.47. The van der Waals surface area contributed by atoms with E-state index >= 15 is 0 Å². The molecule has 1 aromatic carbocycles. The van der Waals surface area contributed by atoms with Gasteiger partial charge in [-0.2, -0.15) is 0 Å². The third kappa shape index (κ3) is 6.41. The van der Waals surface area contributed by atoms with Gasteiger partial charge in [-0.15, -0.1) is 0 Å². The van der Waals surface area contributed by atoms with Gasteiger partial charge in [0.15, 0.2) is 0 Å². The molecule has 1 atom stereocenters. The van der Waals surface area contributed by atoms with Crippen LogP contribution in [-0.4, -0.2) is 56.1 Å². The van der Waals surface area contributed by atoms with Gasteiger partial charge in [0.25, 0.3) is 0 Å². The van der Waals surface area contributed by atoms with E-state index in [0.29, 0.717) is 6.04 Å². The standard InChI is InChI=1S/C15H26BrN3/c1-5-19(13(2)12-18(3)4)11-10-17-15-8-6-14(16)7-9-15/h6-9,13,17H,5,10-12H2,1-4H3. The molecule has 0 aromatic heterocycles. The van der Waals surface area contributed by atoms with Gasteiger partial charge in [0.05, 0.1) is 0 Å². The van der Waals surface area contributed by atoms with E-state index in [0.717, 1.165) is 30.7 Å². The monoisotopic (exact) mass is 327 g/mol. The lowest BCUT2D eigenvalue weighted by Gasteiger charge is -2.30. The fourth-order valence-electron chi connectivity index (χ4n) is 2.25. The van der Waals surface area contributed by atoms with Gasteiger partial charge >= 0.3 is 0 Å². The van der Waals surface area contributed by atoms with E-state index in [-0.39, 0.29) is 0 Å². The number of anilines is 1. The van der Waals surface area contributed by atoms with Crippen LogP contribution in [0.2, 0.25) is 0 Å². The highest BCUT2D eigenvalue weighted by atomic mass is 79.9. The summed E-state index contributed by atoms with van der Waals surface area (Å²) in [6.07, 6.45) is 0. The van der Waals surface area contributed by atoms with Crippen molar-refractivity contribution in [1.82, 2.24) is 9.80 Å². The predicted molar refractivity (Wildman–Crippen MR) is 87.9 cm³/mol. The Morgan fingerprint density at radius 1 is 1.21 bits per heavy atom. The molecule has 0 aliphatic rings. The van der Waals surface area contributed by atoms with E-state index in [4.69, 9.17) is 0 Å². The minimum absolute atomic E-state index is 0.590. The highest BCUT2D eigenvalue weighted by Crippen LogP contribution is 2.13. The summed E-state index contributed by atoms with van der Waals surface area (Å²) < 4.78 is 1.12. The van der Waals surface area contributed by atoms with Gasteiger partial charge in [-0.3, -0.25) is 4.90 Å². The number of halogens is 1. The van der Waals surface area contributed by atoms with Crippen LogP contribution in [-0.2, 0) is 0 Å². The van der Waals surface area contributed by atoms with Crippen LogP contribution >= 0.6 is 15.9 Å². The van der Waals surface area contributed by atoms with Crippen molar-refractivity contribution in [2.24, 2.45) is 0 Å². The summed E-state index contributed by atoms with van der Waals surface area (Å²) in [4.78, 5) is 4.75. The van der Waals surface area contributed by atoms with E-state index < -0.39 is 0 Å². The predicted octanol–water partition coefficient (Wildman–Crippen LogP) is 3.13. The molecule has 108 valence electrons. The quantitative estimate of drug-likeness (QED) is 0.791. The van der Waals surface area contributed by atoms with Crippen LogP contribution in [0.4, 0.5) is 5.69 Å². The first kappa shape index (κ1) is 16.5. The molecular formula is C15H26BrN3. The first-order valence-electron chi connectivity index (χ1n) is 6.91. The molecule has 1 N–H and O–H groups in total. The minimum atomic E-state index is 0.590. The molecule has 4 heteroatoms. The average Bonchev–Trinajstić information content (AvgIpc) is 2.36. The summed E-state index contributed by atoms with van der Waals surface area (Å²) in [6, 6.07) is 8.92. The van der Waals surface area contributed by atoms with Gasteiger partial charge in [-0.25, -0.2) is 0 Å².